The minimum Gasteiger partial charge on any atom is -0.489 e. The zero-order valence-electron chi connectivity index (χ0n) is 16.7. The number of nitrogens with zero attached hydrogens (tertiary/aromatic N) is 3. The molecule has 9 heteroatoms. The average Bonchev–Trinajstić information content (AvgIpc) is 2.96. The third kappa shape index (κ3) is 4.79. The molecule has 1 atom stereocenters. The van der Waals surface area contributed by atoms with Crippen molar-refractivity contribution < 1.29 is 22.7 Å². The lowest BCUT2D eigenvalue weighted by Crippen LogP contribution is -2.38. The molecule has 2 heterocycles. The summed E-state index contributed by atoms with van der Waals surface area (Å²) >= 11 is 0. The van der Waals surface area contributed by atoms with Gasteiger partial charge in [0.2, 0.25) is 0 Å². The molecule has 0 aliphatic heterocycles. The molecule has 1 aromatic carbocycles. The molecular formula is C21H21F3N4O2. The predicted octanol–water partition coefficient (Wildman–Crippen LogP) is 4.04. The minimum absolute atomic E-state index is 0.0534. The van der Waals surface area contributed by atoms with E-state index in [2.05, 4.69) is 15.4 Å². The normalized spacial score (nSPS) is 12.5. The third-order valence-corrected chi connectivity index (χ3v) is 4.68. The molecule has 0 saturated heterocycles. The fourth-order valence-corrected chi connectivity index (χ4v) is 3.12. The maximum absolute atomic E-state index is 13.8. The number of aromatic nitrogens is 3. The van der Waals surface area contributed by atoms with Gasteiger partial charge in [-0.3, -0.25) is 14.5 Å². The summed E-state index contributed by atoms with van der Waals surface area (Å²) in [5.74, 6) is -0.490. The predicted molar refractivity (Wildman–Crippen MR) is 104 cm³/mol. The maximum Gasteiger partial charge on any atom is 0.413 e. The average molecular weight is 418 g/mol. The van der Waals surface area contributed by atoms with Crippen molar-refractivity contribution in [3.8, 4) is 5.75 Å². The van der Waals surface area contributed by atoms with Crippen LogP contribution in [0.4, 0.5) is 13.2 Å². The Hall–Kier alpha value is -3.36. The van der Waals surface area contributed by atoms with Gasteiger partial charge in [0.05, 0.1) is 5.69 Å². The molecule has 0 fully saturated rings. The van der Waals surface area contributed by atoms with Gasteiger partial charge >= 0.3 is 6.18 Å². The third-order valence-electron chi connectivity index (χ3n) is 4.68. The van der Waals surface area contributed by atoms with Crippen molar-refractivity contribution in [2.75, 3.05) is 0 Å². The van der Waals surface area contributed by atoms with Crippen molar-refractivity contribution in [2.45, 2.75) is 32.7 Å². The van der Waals surface area contributed by atoms with E-state index in [1.54, 1.807) is 37.6 Å². The van der Waals surface area contributed by atoms with Crippen LogP contribution in [0.15, 0.2) is 48.8 Å². The quantitative estimate of drug-likeness (QED) is 0.656. The number of carbonyl (C=O) groups excluding carboxylic acids is 1. The lowest BCUT2D eigenvalue weighted by atomic mass is 10.0. The Balaban J connectivity index is 1.79. The highest BCUT2D eigenvalue weighted by Crippen LogP contribution is 2.36. The van der Waals surface area contributed by atoms with E-state index in [0.717, 1.165) is 5.56 Å². The molecule has 158 valence electrons. The van der Waals surface area contributed by atoms with E-state index in [1.807, 2.05) is 6.07 Å². The van der Waals surface area contributed by atoms with Crippen LogP contribution in [0.3, 0.4) is 0 Å². The van der Waals surface area contributed by atoms with Crippen LogP contribution in [-0.4, -0.2) is 26.8 Å². The van der Waals surface area contributed by atoms with Crippen molar-refractivity contribution in [3.63, 3.8) is 0 Å². The van der Waals surface area contributed by atoms with Crippen molar-refractivity contribution in [1.29, 1.82) is 0 Å². The first-order valence-electron chi connectivity index (χ1n) is 9.16. The highest BCUT2D eigenvalue weighted by molar-refractivity contribution is 5.95. The SMILES string of the molecule is Cc1nn(C)c(C)c1[C@H](NC(=O)c1cccc(OCc2cccnc2)c1)C(F)(F)F. The second kappa shape index (κ2) is 8.56. The topological polar surface area (TPSA) is 69.0 Å². The molecule has 0 radical (unpaired) electrons. The summed E-state index contributed by atoms with van der Waals surface area (Å²) in [7, 11) is 1.56. The summed E-state index contributed by atoms with van der Waals surface area (Å²) in [6.45, 7) is 3.24. The van der Waals surface area contributed by atoms with Crippen LogP contribution in [0.2, 0.25) is 0 Å². The molecule has 0 spiro atoms. The number of hydrogen-bond acceptors (Lipinski definition) is 4. The lowest BCUT2D eigenvalue weighted by Gasteiger charge is -2.22. The zero-order valence-corrected chi connectivity index (χ0v) is 16.7. The summed E-state index contributed by atoms with van der Waals surface area (Å²) in [5.41, 5.74) is 1.39. The van der Waals surface area contributed by atoms with Crippen molar-refractivity contribution in [1.82, 2.24) is 20.1 Å². The number of pyridine rings is 1. The van der Waals surface area contributed by atoms with E-state index in [4.69, 9.17) is 4.74 Å². The van der Waals surface area contributed by atoms with Crippen LogP contribution < -0.4 is 10.1 Å². The Morgan fingerprint density at radius 3 is 2.60 bits per heavy atom. The fourth-order valence-electron chi connectivity index (χ4n) is 3.12. The Morgan fingerprint density at radius 2 is 2.00 bits per heavy atom. The molecule has 3 aromatic rings. The van der Waals surface area contributed by atoms with Crippen molar-refractivity contribution in [2.24, 2.45) is 7.05 Å². The number of aryl methyl sites for hydroxylation is 2. The van der Waals surface area contributed by atoms with Gasteiger partial charge in [-0.1, -0.05) is 12.1 Å². The van der Waals surface area contributed by atoms with Gasteiger partial charge < -0.3 is 10.1 Å². The molecular weight excluding hydrogens is 397 g/mol. The highest BCUT2D eigenvalue weighted by Gasteiger charge is 2.44. The van der Waals surface area contributed by atoms with Crippen LogP contribution in [0.1, 0.15) is 38.9 Å². The monoisotopic (exact) mass is 418 g/mol. The molecule has 0 saturated carbocycles. The summed E-state index contributed by atoms with van der Waals surface area (Å²) in [6, 6.07) is 7.45. The number of carbonyl (C=O) groups is 1. The van der Waals surface area contributed by atoms with E-state index in [-0.39, 0.29) is 23.4 Å². The highest BCUT2D eigenvalue weighted by atomic mass is 19.4. The Labute approximate surface area is 171 Å². The second-order valence-electron chi connectivity index (χ2n) is 6.83. The van der Waals surface area contributed by atoms with Crippen LogP contribution in [-0.2, 0) is 13.7 Å². The lowest BCUT2D eigenvalue weighted by molar-refractivity contribution is -0.155. The summed E-state index contributed by atoms with van der Waals surface area (Å²) in [5, 5.41) is 6.14. The maximum atomic E-state index is 13.8. The molecule has 0 unspecified atom stereocenters. The molecule has 30 heavy (non-hydrogen) atoms. The first kappa shape index (κ1) is 21.4. The molecule has 1 N–H and O–H groups in total. The summed E-state index contributed by atoms with van der Waals surface area (Å²) < 4.78 is 48.3. The van der Waals surface area contributed by atoms with E-state index in [1.165, 1.54) is 30.7 Å². The molecule has 6 nitrogen and oxygen atoms in total. The first-order chi connectivity index (χ1) is 14.2. The summed E-state index contributed by atoms with van der Waals surface area (Å²) in [6.07, 6.45) is -1.40. The van der Waals surface area contributed by atoms with Gasteiger partial charge in [-0.05, 0) is 38.1 Å². The van der Waals surface area contributed by atoms with E-state index in [9.17, 15) is 18.0 Å². The Bertz CT molecular complexity index is 1030. The first-order valence-corrected chi connectivity index (χ1v) is 9.16. The van der Waals surface area contributed by atoms with Crippen LogP contribution in [0.5, 0.6) is 5.75 Å². The van der Waals surface area contributed by atoms with Gasteiger partial charge in [0.25, 0.3) is 5.91 Å². The number of ether oxygens (including phenoxy) is 1. The van der Waals surface area contributed by atoms with Crippen molar-refractivity contribution in [3.05, 3.63) is 76.9 Å². The molecule has 0 aliphatic rings. The standard InChI is InChI=1S/C21H21F3N4O2/c1-13-18(14(2)28(3)27-13)19(21(22,23)24)26-20(29)16-7-4-8-17(10-16)30-12-15-6-5-9-25-11-15/h4-11,19H,12H2,1-3H3,(H,26,29)/t19-/m0/s1. The number of nitrogens with one attached hydrogen (secondary N) is 1. The van der Waals surface area contributed by atoms with E-state index in [0.29, 0.717) is 11.4 Å². The summed E-state index contributed by atoms with van der Waals surface area (Å²) in [4.78, 5) is 16.6. The van der Waals surface area contributed by atoms with Crippen molar-refractivity contribution >= 4 is 5.91 Å². The van der Waals surface area contributed by atoms with Gasteiger partial charge in [-0.15, -0.1) is 0 Å². The van der Waals surface area contributed by atoms with Gasteiger partial charge in [-0.25, -0.2) is 0 Å². The molecule has 3 rings (SSSR count). The zero-order chi connectivity index (χ0) is 21.9. The second-order valence-corrected chi connectivity index (χ2v) is 6.83. The minimum atomic E-state index is -4.68. The smallest absolute Gasteiger partial charge is 0.413 e. The van der Waals surface area contributed by atoms with Gasteiger partial charge in [0, 0.05) is 41.8 Å². The largest absolute Gasteiger partial charge is 0.489 e. The van der Waals surface area contributed by atoms with E-state index >= 15 is 0 Å². The Kier molecular flexibility index (Phi) is 6.09. The van der Waals surface area contributed by atoms with Gasteiger partial charge in [0.1, 0.15) is 12.4 Å². The van der Waals surface area contributed by atoms with Crippen LogP contribution in [0, 0.1) is 13.8 Å². The van der Waals surface area contributed by atoms with Gasteiger partial charge in [0.15, 0.2) is 6.04 Å². The number of amides is 1. The number of benzene rings is 1. The fraction of sp³-hybridized carbons (Fsp3) is 0.286. The van der Waals surface area contributed by atoms with Crippen LogP contribution >= 0.6 is 0 Å². The van der Waals surface area contributed by atoms with E-state index < -0.39 is 18.1 Å². The molecule has 2 aromatic heterocycles. The number of rotatable bonds is 6. The van der Waals surface area contributed by atoms with Gasteiger partial charge in [-0.2, -0.15) is 18.3 Å². The number of halogens is 3. The molecule has 1 amide bonds. The number of alkyl halides is 3. The molecule has 0 aliphatic carbocycles. The number of hydrogen-bond donors (Lipinski definition) is 1. The van der Waals surface area contributed by atoms with Crippen LogP contribution in [0.25, 0.3) is 0 Å². The Morgan fingerprint density at radius 1 is 1.23 bits per heavy atom. The molecule has 0 bridgehead atoms.